The van der Waals surface area contributed by atoms with E-state index in [0.717, 1.165) is 11.8 Å². The SMILES string of the molecule is COCc1ccc([C@@H](NC(=O)CCS(C)(=O)=O)C(=O)Nc2ccc([Si](C)(C)C)c(F)c2)cc1. The van der Waals surface area contributed by atoms with Crippen molar-refractivity contribution in [3.8, 4) is 0 Å². The largest absolute Gasteiger partial charge is 0.380 e. The van der Waals surface area contributed by atoms with E-state index in [0.29, 0.717) is 17.4 Å². The molecular formula is C23H31FN2O5SSi. The van der Waals surface area contributed by atoms with Gasteiger partial charge in [-0.25, -0.2) is 12.8 Å². The van der Waals surface area contributed by atoms with E-state index >= 15 is 0 Å². The minimum Gasteiger partial charge on any atom is -0.380 e. The molecule has 2 aromatic rings. The first kappa shape index (κ1) is 26.7. The summed E-state index contributed by atoms with van der Waals surface area (Å²) in [4.78, 5) is 25.4. The van der Waals surface area contributed by atoms with Crippen LogP contribution >= 0.6 is 0 Å². The van der Waals surface area contributed by atoms with Crippen molar-refractivity contribution in [1.29, 1.82) is 0 Å². The van der Waals surface area contributed by atoms with Crippen molar-refractivity contribution < 1.29 is 27.1 Å². The van der Waals surface area contributed by atoms with Crippen molar-refractivity contribution in [1.82, 2.24) is 5.32 Å². The number of rotatable bonds is 10. The second-order valence-electron chi connectivity index (χ2n) is 8.99. The quantitative estimate of drug-likeness (QED) is 0.495. The smallest absolute Gasteiger partial charge is 0.251 e. The normalized spacial score (nSPS) is 12.8. The fourth-order valence-corrected chi connectivity index (χ4v) is 5.13. The molecule has 0 saturated carbocycles. The summed E-state index contributed by atoms with van der Waals surface area (Å²) >= 11 is 0. The molecule has 0 fully saturated rings. The Kier molecular flexibility index (Phi) is 8.93. The molecule has 2 N–H and O–H groups in total. The number of amides is 2. The van der Waals surface area contributed by atoms with Crippen LogP contribution in [0.4, 0.5) is 10.1 Å². The van der Waals surface area contributed by atoms with Gasteiger partial charge in [-0.05, 0) is 28.4 Å². The second-order valence-corrected chi connectivity index (χ2v) is 16.3. The Hall–Kier alpha value is -2.56. The molecule has 0 aliphatic carbocycles. The second kappa shape index (κ2) is 11.0. The molecule has 0 heterocycles. The Labute approximate surface area is 195 Å². The van der Waals surface area contributed by atoms with Gasteiger partial charge >= 0.3 is 0 Å². The Balaban J connectivity index is 2.27. The number of nitrogens with one attached hydrogen (secondary N) is 2. The van der Waals surface area contributed by atoms with Crippen LogP contribution in [0.2, 0.25) is 19.6 Å². The van der Waals surface area contributed by atoms with Gasteiger partial charge in [0.25, 0.3) is 5.91 Å². The van der Waals surface area contributed by atoms with Gasteiger partial charge in [0.05, 0.1) is 20.4 Å². The van der Waals surface area contributed by atoms with E-state index in [1.807, 2.05) is 19.6 Å². The van der Waals surface area contributed by atoms with Gasteiger partial charge in [-0.1, -0.05) is 50.0 Å². The van der Waals surface area contributed by atoms with Crippen LogP contribution in [0.1, 0.15) is 23.6 Å². The summed E-state index contributed by atoms with van der Waals surface area (Å²) < 4.78 is 42.5. The molecule has 2 rings (SSSR count). The molecule has 1 atom stereocenters. The molecule has 0 aromatic heterocycles. The monoisotopic (exact) mass is 494 g/mol. The highest BCUT2D eigenvalue weighted by Crippen LogP contribution is 2.19. The molecule has 0 bridgehead atoms. The summed E-state index contributed by atoms with van der Waals surface area (Å²) in [6.45, 7) is 6.47. The number of carbonyl (C=O) groups is 2. The zero-order valence-corrected chi connectivity index (χ0v) is 21.4. The Morgan fingerprint density at radius 1 is 1.09 bits per heavy atom. The van der Waals surface area contributed by atoms with E-state index < -0.39 is 35.8 Å². The number of ether oxygens (including phenoxy) is 1. The van der Waals surface area contributed by atoms with E-state index in [-0.39, 0.29) is 23.7 Å². The van der Waals surface area contributed by atoms with Crippen LogP contribution in [-0.4, -0.2) is 47.4 Å². The van der Waals surface area contributed by atoms with E-state index in [9.17, 15) is 22.4 Å². The van der Waals surface area contributed by atoms with Crippen molar-refractivity contribution in [2.24, 2.45) is 0 Å². The maximum atomic E-state index is 14.6. The average molecular weight is 495 g/mol. The molecule has 0 saturated heterocycles. The van der Waals surface area contributed by atoms with Crippen LogP contribution in [0.15, 0.2) is 42.5 Å². The number of anilines is 1. The fourth-order valence-electron chi connectivity index (χ4n) is 3.20. The van der Waals surface area contributed by atoms with Gasteiger partial charge in [-0.2, -0.15) is 0 Å². The van der Waals surface area contributed by atoms with Crippen molar-refractivity contribution in [2.45, 2.75) is 38.7 Å². The summed E-state index contributed by atoms with van der Waals surface area (Å²) in [5, 5.41) is 5.90. The minimum atomic E-state index is -3.34. The van der Waals surface area contributed by atoms with Crippen molar-refractivity contribution >= 4 is 40.6 Å². The van der Waals surface area contributed by atoms with Crippen LogP contribution in [0.5, 0.6) is 0 Å². The van der Waals surface area contributed by atoms with Gasteiger partial charge in [0.15, 0.2) is 0 Å². The molecule has 0 aliphatic rings. The molecule has 2 amide bonds. The maximum Gasteiger partial charge on any atom is 0.251 e. The number of sulfone groups is 1. The van der Waals surface area contributed by atoms with Crippen LogP contribution in [-0.2, 0) is 30.8 Å². The van der Waals surface area contributed by atoms with E-state index in [1.54, 1.807) is 43.5 Å². The third-order valence-electron chi connectivity index (χ3n) is 4.94. The Bertz CT molecular complexity index is 1100. The molecular weight excluding hydrogens is 463 g/mol. The predicted molar refractivity (Wildman–Crippen MR) is 130 cm³/mol. The first-order chi connectivity index (χ1) is 15.3. The van der Waals surface area contributed by atoms with Crippen molar-refractivity contribution in [2.75, 3.05) is 24.4 Å². The van der Waals surface area contributed by atoms with E-state index in [1.165, 1.54) is 6.07 Å². The third kappa shape index (κ3) is 8.38. The molecule has 0 radical (unpaired) electrons. The summed E-state index contributed by atoms with van der Waals surface area (Å²) in [6.07, 6.45) is 0.765. The molecule has 180 valence electrons. The minimum absolute atomic E-state index is 0.269. The topological polar surface area (TPSA) is 102 Å². The Morgan fingerprint density at radius 2 is 1.73 bits per heavy atom. The van der Waals surface area contributed by atoms with Crippen LogP contribution in [0, 0.1) is 5.82 Å². The van der Waals surface area contributed by atoms with E-state index in [2.05, 4.69) is 10.6 Å². The van der Waals surface area contributed by atoms with Gasteiger partial charge in [0.1, 0.15) is 21.7 Å². The number of hydrogen-bond donors (Lipinski definition) is 2. The van der Waals surface area contributed by atoms with Crippen molar-refractivity contribution in [3.63, 3.8) is 0 Å². The zero-order chi connectivity index (χ0) is 24.8. The Morgan fingerprint density at radius 3 is 2.24 bits per heavy atom. The number of benzene rings is 2. The molecule has 33 heavy (non-hydrogen) atoms. The summed E-state index contributed by atoms with van der Waals surface area (Å²) in [5.41, 5.74) is 1.65. The van der Waals surface area contributed by atoms with Crippen LogP contribution in [0.25, 0.3) is 0 Å². The van der Waals surface area contributed by atoms with Gasteiger partial charge in [0.2, 0.25) is 5.91 Å². The number of carbonyl (C=O) groups excluding carboxylic acids is 2. The predicted octanol–water partition coefficient (Wildman–Crippen LogP) is 2.75. The van der Waals surface area contributed by atoms with Crippen LogP contribution in [0.3, 0.4) is 0 Å². The molecule has 0 spiro atoms. The standard InChI is InChI=1S/C23H31FN2O5SSi/c1-31-15-16-6-8-17(9-7-16)22(26-21(27)12-13-32(2,29)30)23(28)25-18-10-11-20(19(24)14-18)33(3,4)5/h6-11,14,22H,12-13,15H2,1-5H3,(H,25,28)(H,26,27)/t22-/m1/s1. The molecule has 0 unspecified atom stereocenters. The van der Waals surface area contributed by atoms with Crippen LogP contribution < -0.4 is 15.8 Å². The first-order valence-corrected chi connectivity index (χ1v) is 16.0. The number of halogens is 1. The fraction of sp³-hybridized carbons (Fsp3) is 0.391. The van der Waals surface area contributed by atoms with E-state index in [4.69, 9.17) is 4.74 Å². The summed E-state index contributed by atoms with van der Waals surface area (Å²) in [5.74, 6) is -1.86. The molecule has 2 aromatic carbocycles. The highest BCUT2D eigenvalue weighted by molar-refractivity contribution is 7.90. The highest BCUT2D eigenvalue weighted by Gasteiger charge is 2.25. The maximum absolute atomic E-state index is 14.6. The van der Waals surface area contributed by atoms with Gasteiger partial charge in [0, 0.05) is 25.5 Å². The third-order valence-corrected chi connectivity index (χ3v) is 7.90. The molecule has 10 heteroatoms. The first-order valence-electron chi connectivity index (χ1n) is 10.5. The lowest BCUT2D eigenvalue weighted by Crippen LogP contribution is -2.40. The highest BCUT2D eigenvalue weighted by atomic mass is 32.2. The number of methoxy groups -OCH3 is 1. The zero-order valence-electron chi connectivity index (χ0n) is 19.6. The average Bonchev–Trinajstić information content (AvgIpc) is 2.70. The lowest BCUT2D eigenvalue weighted by molar-refractivity contribution is -0.126. The number of hydrogen-bond acceptors (Lipinski definition) is 5. The molecule has 7 nitrogen and oxygen atoms in total. The molecule has 0 aliphatic heterocycles. The summed E-state index contributed by atoms with van der Waals surface area (Å²) in [7, 11) is -3.64. The van der Waals surface area contributed by atoms with Gasteiger partial charge in [-0.3, -0.25) is 9.59 Å². The van der Waals surface area contributed by atoms with Crippen molar-refractivity contribution in [3.05, 3.63) is 59.4 Å². The lowest BCUT2D eigenvalue weighted by atomic mass is 10.0. The van der Waals surface area contributed by atoms with Gasteiger partial charge < -0.3 is 15.4 Å². The van der Waals surface area contributed by atoms with Gasteiger partial charge in [-0.15, -0.1) is 0 Å². The summed E-state index contributed by atoms with van der Waals surface area (Å²) in [6, 6.07) is 10.4. The lowest BCUT2D eigenvalue weighted by Gasteiger charge is -2.21.